The van der Waals surface area contributed by atoms with Crippen molar-refractivity contribution in [1.82, 2.24) is 10.7 Å². The summed E-state index contributed by atoms with van der Waals surface area (Å²) in [6, 6.07) is 5.53. The van der Waals surface area contributed by atoms with E-state index in [1.807, 2.05) is 32.9 Å². The summed E-state index contributed by atoms with van der Waals surface area (Å²) >= 11 is 3.47. The number of hydrazine groups is 1. The van der Waals surface area contributed by atoms with Crippen LogP contribution >= 0.6 is 15.9 Å². The van der Waals surface area contributed by atoms with Crippen LogP contribution in [0.1, 0.15) is 50.4 Å². The molecule has 0 spiro atoms. The minimum atomic E-state index is -0.492. The number of anilines is 1. The van der Waals surface area contributed by atoms with Gasteiger partial charge in [0.2, 0.25) is 0 Å². The molecule has 0 radical (unpaired) electrons. The highest BCUT2D eigenvalue weighted by molar-refractivity contribution is 9.10. The number of carbonyl (C=O) groups excluding carboxylic acids is 2. The third kappa shape index (κ3) is 7.83. The lowest BCUT2D eigenvalue weighted by Crippen LogP contribution is -2.39. The number of halogens is 1. The highest BCUT2D eigenvalue weighted by Gasteiger charge is 2.23. The van der Waals surface area contributed by atoms with Crippen LogP contribution in [0.3, 0.4) is 0 Å². The minimum absolute atomic E-state index is 0.173. The quantitative estimate of drug-likeness (QED) is 0.244. The summed E-state index contributed by atoms with van der Waals surface area (Å²) in [7, 11) is 0. The number of piperidine rings is 1. The highest BCUT2D eigenvalue weighted by Crippen LogP contribution is 2.28. The second-order valence-electron chi connectivity index (χ2n) is 7.97. The second kappa shape index (κ2) is 10.8. The summed E-state index contributed by atoms with van der Waals surface area (Å²) in [5.74, 6) is 5.00. The number of hydrogen-bond donors (Lipinski definition) is 3. The number of alkyl carbamates (subject to hydrolysis) is 1. The van der Waals surface area contributed by atoms with E-state index < -0.39 is 11.7 Å². The number of amides is 2. The summed E-state index contributed by atoms with van der Waals surface area (Å²) in [6.07, 6.45) is 2.24. The Balaban J connectivity index is 1.73. The van der Waals surface area contributed by atoms with E-state index in [1.54, 1.807) is 6.07 Å². The van der Waals surface area contributed by atoms with E-state index in [0.717, 1.165) is 42.5 Å². The van der Waals surface area contributed by atoms with E-state index in [0.29, 0.717) is 18.7 Å². The molecule has 1 aliphatic heterocycles. The zero-order valence-electron chi connectivity index (χ0n) is 17.3. The molecule has 0 atom stereocenters. The molecular formula is C20H31BrN4O4. The Kier molecular flexibility index (Phi) is 8.73. The van der Waals surface area contributed by atoms with Gasteiger partial charge in [0.15, 0.2) is 0 Å². The fraction of sp³-hybridized carbons (Fsp3) is 0.600. The Morgan fingerprint density at radius 3 is 2.59 bits per heavy atom. The molecule has 1 aliphatic rings. The van der Waals surface area contributed by atoms with Gasteiger partial charge >= 0.3 is 6.09 Å². The maximum absolute atomic E-state index is 12.0. The molecule has 2 amide bonds. The van der Waals surface area contributed by atoms with E-state index in [1.165, 1.54) is 0 Å². The molecule has 1 saturated heterocycles. The van der Waals surface area contributed by atoms with Crippen molar-refractivity contribution in [3.63, 3.8) is 0 Å². The van der Waals surface area contributed by atoms with Crippen molar-refractivity contribution in [2.24, 2.45) is 5.84 Å². The molecular weight excluding hydrogens is 440 g/mol. The van der Waals surface area contributed by atoms with Gasteiger partial charge in [-0.2, -0.15) is 0 Å². The molecule has 29 heavy (non-hydrogen) atoms. The first kappa shape index (κ1) is 23.4. The molecule has 8 nitrogen and oxygen atoms in total. The molecule has 9 heteroatoms. The highest BCUT2D eigenvalue weighted by atomic mass is 79.9. The number of benzene rings is 1. The molecule has 0 unspecified atom stereocenters. The smallest absolute Gasteiger partial charge is 0.407 e. The monoisotopic (exact) mass is 470 g/mol. The summed E-state index contributed by atoms with van der Waals surface area (Å²) < 4.78 is 12.1. The van der Waals surface area contributed by atoms with Crippen LogP contribution in [-0.2, 0) is 9.47 Å². The number of nitrogens with two attached hydrogens (primary N) is 1. The average molecular weight is 471 g/mol. The zero-order chi connectivity index (χ0) is 21.4. The summed E-state index contributed by atoms with van der Waals surface area (Å²) in [4.78, 5) is 25.8. The fourth-order valence-electron chi connectivity index (χ4n) is 3.13. The van der Waals surface area contributed by atoms with Gasteiger partial charge in [-0.05, 0) is 58.2 Å². The van der Waals surface area contributed by atoms with Crippen LogP contribution in [0, 0.1) is 0 Å². The molecule has 1 fully saturated rings. The molecule has 4 N–H and O–H groups in total. The van der Waals surface area contributed by atoms with Crippen molar-refractivity contribution in [2.45, 2.75) is 51.7 Å². The average Bonchev–Trinajstić information content (AvgIpc) is 2.66. The number of hydrogen-bond acceptors (Lipinski definition) is 6. The number of ether oxygens (including phenoxy) is 2. The van der Waals surface area contributed by atoms with Gasteiger partial charge in [-0.15, -0.1) is 0 Å². The van der Waals surface area contributed by atoms with E-state index in [-0.39, 0.29) is 12.0 Å². The van der Waals surface area contributed by atoms with Crippen LogP contribution in [0.5, 0.6) is 0 Å². The first-order valence-electron chi connectivity index (χ1n) is 9.83. The number of nitrogen functional groups attached to an aromatic ring is 1. The Labute approximate surface area is 180 Å². The van der Waals surface area contributed by atoms with Crippen molar-refractivity contribution < 1.29 is 19.1 Å². The largest absolute Gasteiger partial charge is 0.444 e. The van der Waals surface area contributed by atoms with Crippen LogP contribution in [0.15, 0.2) is 22.7 Å². The molecule has 1 aromatic rings. The Hall–Kier alpha value is -1.84. The third-order valence-electron chi connectivity index (χ3n) is 4.46. The van der Waals surface area contributed by atoms with Gasteiger partial charge < -0.3 is 19.7 Å². The van der Waals surface area contributed by atoms with Crippen molar-refractivity contribution in [2.75, 3.05) is 31.1 Å². The molecule has 1 aromatic carbocycles. The van der Waals surface area contributed by atoms with Crippen LogP contribution < -0.4 is 21.5 Å². The molecule has 0 aromatic heterocycles. The van der Waals surface area contributed by atoms with Gasteiger partial charge in [-0.25, -0.2) is 10.6 Å². The van der Waals surface area contributed by atoms with Gasteiger partial charge in [0, 0.05) is 30.7 Å². The summed E-state index contributed by atoms with van der Waals surface area (Å²) in [6.45, 7) is 8.19. The molecule has 162 valence electrons. The maximum Gasteiger partial charge on any atom is 0.407 e. The topological polar surface area (TPSA) is 106 Å². The number of nitrogens with one attached hydrogen (secondary N) is 2. The summed E-state index contributed by atoms with van der Waals surface area (Å²) in [5, 5.41) is 2.73. The molecule has 0 aliphatic carbocycles. The van der Waals surface area contributed by atoms with Gasteiger partial charge in [-0.1, -0.05) is 15.9 Å². The SMILES string of the molecule is CC(C)(C)OC(=O)NCCCOC1CCN(c2cc(Br)ccc2C(=O)NN)CC1. The van der Waals surface area contributed by atoms with E-state index >= 15 is 0 Å². The van der Waals surface area contributed by atoms with Crippen LogP contribution in [0.2, 0.25) is 0 Å². The van der Waals surface area contributed by atoms with Gasteiger partial charge in [0.1, 0.15) is 5.60 Å². The van der Waals surface area contributed by atoms with Gasteiger partial charge in [0.05, 0.1) is 17.4 Å². The Bertz CT molecular complexity index is 700. The number of carbonyl (C=O) groups is 2. The maximum atomic E-state index is 12.0. The molecule has 1 heterocycles. The predicted octanol–water partition coefficient (Wildman–Crippen LogP) is 2.95. The lowest BCUT2D eigenvalue weighted by atomic mass is 10.0. The molecule has 0 saturated carbocycles. The fourth-order valence-corrected chi connectivity index (χ4v) is 3.48. The normalized spacial score (nSPS) is 15.1. The molecule has 0 bridgehead atoms. The third-order valence-corrected chi connectivity index (χ3v) is 4.95. The first-order valence-corrected chi connectivity index (χ1v) is 10.6. The van der Waals surface area contributed by atoms with Gasteiger partial charge in [0.25, 0.3) is 5.91 Å². The summed E-state index contributed by atoms with van der Waals surface area (Å²) in [5.41, 5.74) is 3.13. The number of rotatable bonds is 7. The Morgan fingerprint density at radius 1 is 1.28 bits per heavy atom. The zero-order valence-corrected chi connectivity index (χ0v) is 18.9. The lowest BCUT2D eigenvalue weighted by molar-refractivity contribution is 0.0337. The van der Waals surface area contributed by atoms with E-state index in [9.17, 15) is 9.59 Å². The first-order chi connectivity index (χ1) is 13.7. The predicted molar refractivity (Wildman–Crippen MR) is 116 cm³/mol. The number of nitrogens with zero attached hydrogens (tertiary/aromatic N) is 1. The van der Waals surface area contributed by atoms with E-state index in [2.05, 4.69) is 31.6 Å². The minimum Gasteiger partial charge on any atom is -0.444 e. The lowest BCUT2D eigenvalue weighted by Gasteiger charge is -2.34. The standard InChI is InChI=1S/C20H31BrN4O4/c1-20(2,3)29-19(27)23-9-4-12-28-15-7-10-25(11-8-15)17-13-14(21)5-6-16(17)18(26)24-22/h5-6,13,15H,4,7-12,22H2,1-3H3,(H,23,27)(H,24,26). The van der Waals surface area contributed by atoms with E-state index in [4.69, 9.17) is 15.3 Å². The van der Waals surface area contributed by atoms with Crippen LogP contribution in [0.4, 0.5) is 10.5 Å². The van der Waals surface area contributed by atoms with Crippen LogP contribution in [0.25, 0.3) is 0 Å². The van der Waals surface area contributed by atoms with Gasteiger partial charge in [-0.3, -0.25) is 10.2 Å². The van der Waals surface area contributed by atoms with Crippen molar-refractivity contribution in [3.8, 4) is 0 Å². The van der Waals surface area contributed by atoms with Crippen molar-refractivity contribution in [1.29, 1.82) is 0 Å². The Morgan fingerprint density at radius 2 is 1.97 bits per heavy atom. The van der Waals surface area contributed by atoms with Crippen LogP contribution in [-0.4, -0.2) is 49.9 Å². The van der Waals surface area contributed by atoms with Crippen molar-refractivity contribution >= 4 is 33.6 Å². The van der Waals surface area contributed by atoms with Crippen molar-refractivity contribution in [3.05, 3.63) is 28.2 Å². The molecule has 2 rings (SSSR count). The second-order valence-corrected chi connectivity index (χ2v) is 8.89.